The molecule has 1 aliphatic rings. The van der Waals surface area contributed by atoms with E-state index in [1.165, 1.54) is 25.5 Å². The van der Waals surface area contributed by atoms with Gasteiger partial charge in [0.05, 0.1) is 46.5 Å². The number of hydrogen-bond donors (Lipinski definition) is 4. The summed E-state index contributed by atoms with van der Waals surface area (Å²) in [5.41, 5.74) is 4.88. The molecule has 4 N–H and O–H groups in total. The Labute approximate surface area is 279 Å². The van der Waals surface area contributed by atoms with Crippen LogP contribution < -0.4 is 30.3 Å². The van der Waals surface area contributed by atoms with Crippen molar-refractivity contribution in [1.29, 1.82) is 0 Å². The summed E-state index contributed by atoms with van der Waals surface area (Å²) in [6.07, 6.45) is 0.166. The van der Waals surface area contributed by atoms with Gasteiger partial charge in [-0.1, -0.05) is 29.3 Å². The first-order chi connectivity index (χ1) is 22.5. The quantitative estimate of drug-likeness (QED) is 0.0591. The minimum absolute atomic E-state index is 0.0299. The van der Waals surface area contributed by atoms with Crippen molar-refractivity contribution >= 4 is 47.1 Å². The number of halogens is 2. The number of rotatable bonds is 14. The first-order valence-corrected chi connectivity index (χ1v) is 14.8. The Bertz CT molecular complexity index is 1680. The molecule has 3 aromatic rings. The van der Waals surface area contributed by atoms with Crippen LogP contribution in [0, 0.1) is 10.1 Å². The van der Waals surface area contributed by atoms with Gasteiger partial charge >= 0.3 is 12.0 Å². The van der Waals surface area contributed by atoms with Gasteiger partial charge in [0.2, 0.25) is 0 Å². The van der Waals surface area contributed by atoms with E-state index in [0.717, 1.165) is 0 Å². The van der Waals surface area contributed by atoms with Gasteiger partial charge in [-0.25, -0.2) is 9.59 Å². The summed E-state index contributed by atoms with van der Waals surface area (Å²) in [4.78, 5) is 34.9. The summed E-state index contributed by atoms with van der Waals surface area (Å²) in [5.74, 6) is 0.275. The number of carbonyl (C=O) groups excluding carboxylic acids is 2. The van der Waals surface area contributed by atoms with Gasteiger partial charge in [0.15, 0.2) is 23.5 Å². The van der Waals surface area contributed by atoms with E-state index in [-0.39, 0.29) is 40.3 Å². The maximum Gasteiger partial charge on any atom is 0.337 e. The third-order valence-corrected chi connectivity index (χ3v) is 7.22. The third kappa shape index (κ3) is 9.03. The van der Waals surface area contributed by atoms with E-state index in [9.17, 15) is 24.8 Å². The molecule has 0 radical (unpaired) electrons. The lowest BCUT2D eigenvalue weighted by molar-refractivity contribution is -0.384. The van der Waals surface area contributed by atoms with Gasteiger partial charge in [0.1, 0.15) is 13.2 Å². The number of nitrogens with zero attached hydrogens (tertiary/aromatic N) is 2. The lowest BCUT2D eigenvalue weighted by atomic mass is 9.95. The Morgan fingerprint density at radius 2 is 1.81 bits per heavy atom. The average Bonchev–Trinajstić information content (AvgIpc) is 3.03. The van der Waals surface area contributed by atoms with Crippen LogP contribution in [0.25, 0.3) is 0 Å². The lowest BCUT2D eigenvalue weighted by Gasteiger charge is -2.28. The van der Waals surface area contributed by atoms with Gasteiger partial charge in [-0.2, -0.15) is 5.10 Å². The van der Waals surface area contributed by atoms with Gasteiger partial charge < -0.3 is 34.7 Å². The Hall–Kier alpha value is -5.05. The molecule has 248 valence electrons. The second kappa shape index (κ2) is 16.0. The number of amides is 2. The predicted octanol–water partition coefficient (Wildman–Crippen LogP) is 5.00. The zero-order chi connectivity index (χ0) is 34.1. The Kier molecular flexibility index (Phi) is 11.8. The van der Waals surface area contributed by atoms with E-state index in [1.807, 2.05) is 0 Å². The van der Waals surface area contributed by atoms with Crippen LogP contribution in [0.15, 0.2) is 71.0 Å². The van der Waals surface area contributed by atoms with Crippen molar-refractivity contribution in [1.82, 2.24) is 16.1 Å². The highest BCUT2D eigenvalue weighted by molar-refractivity contribution is 6.37. The average molecular weight is 689 g/mol. The highest BCUT2D eigenvalue weighted by Crippen LogP contribution is 2.36. The van der Waals surface area contributed by atoms with E-state index in [1.54, 1.807) is 56.3 Å². The smallest absolute Gasteiger partial charge is 0.337 e. The molecule has 4 rings (SSSR count). The number of nitrogens with one attached hydrogen (secondary N) is 3. The van der Waals surface area contributed by atoms with Gasteiger partial charge in [0, 0.05) is 17.8 Å². The van der Waals surface area contributed by atoms with Crippen molar-refractivity contribution in [2.24, 2.45) is 5.10 Å². The highest BCUT2D eigenvalue weighted by Gasteiger charge is 2.32. The fourth-order valence-electron chi connectivity index (χ4n) is 4.48. The number of methoxy groups -OCH3 is 1. The van der Waals surface area contributed by atoms with Crippen LogP contribution in [0.2, 0.25) is 10.0 Å². The highest BCUT2D eigenvalue weighted by atomic mass is 35.5. The molecule has 0 unspecified atom stereocenters. The molecule has 16 heteroatoms. The van der Waals surface area contributed by atoms with Crippen molar-refractivity contribution in [3.63, 3.8) is 0 Å². The zero-order valence-corrected chi connectivity index (χ0v) is 26.9. The number of benzene rings is 3. The van der Waals surface area contributed by atoms with Crippen LogP contribution in [-0.4, -0.2) is 54.8 Å². The number of hydrogen-bond acceptors (Lipinski definition) is 11. The Morgan fingerprint density at radius 1 is 1.11 bits per heavy atom. The largest absolute Gasteiger partial charge is 0.490 e. The molecule has 14 nitrogen and oxygen atoms in total. The number of nitro groups is 1. The van der Waals surface area contributed by atoms with Crippen LogP contribution in [0.3, 0.4) is 0 Å². The molecule has 0 bridgehead atoms. The van der Waals surface area contributed by atoms with Crippen LogP contribution in [0.4, 0.5) is 10.5 Å². The molecule has 3 aromatic carbocycles. The van der Waals surface area contributed by atoms with Gasteiger partial charge in [-0.3, -0.25) is 15.5 Å². The number of urea groups is 1. The third-order valence-electron chi connectivity index (χ3n) is 6.66. The van der Waals surface area contributed by atoms with Crippen LogP contribution >= 0.6 is 23.2 Å². The first kappa shape index (κ1) is 34.8. The van der Waals surface area contributed by atoms with E-state index in [4.69, 9.17) is 42.1 Å². The van der Waals surface area contributed by atoms with Crippen molar-refractivity contribution in [3.05, 3.63) is 103 Å². The monoisotopic (exact) mass is 687 g/mol. The molecule has 0 aliphatic carbocycles. The van der Waals surface area contributed by atoms with E-state index < -0.39 is 29.2 Å². The molecule has 0 saturated carbocycles. The summed E-state index contributed by atoms with van der Waals surface area (Å²) in [7, 11) is 1.26. The molecule has 47 heavy (non-hydrogen) atoms. The maximum atomic E-state index is 12.4. The van der Waals surface area contributed by atoms with Crippen molar-refractivity contribution in [2.45, 2.75) is 32.7 Å². The SMILES string of the molecule is CCOc1cc([C@H]2NC(=O)NC(C)=C2C(=O)OC)ccc1OC[C@H](O)N/N=C\c1cc(Cl)c(OCc2ccc([N+](=O)[O-])cc2)c(Cl)c1. The molecular formula is C31H31Cl2N5O9. The molecule has 1 heterocycles. The molecule has 0 fully saturated rings. The number of esters is 1. The summed E-state index contributed by atoms with van der Waals surface area (Å²) in [6, 6.07) is 12.7. The Balaban J connectivity index is 1.36. The van der Waals surface area contributed by atoms with Gasteiger partial charge in [0.25, 0.3) is 5.69 Å². The fraction of sp³-hybridized carbons (Fsp3) is 0.258. The Morgan fingerprint density at radius 3 is 2.45 bits per heavy atom. The predicted molar refractivity (Wildman–Crippen MR) is 173 cm³/mol. The molecule has 2 atom stereocenters. The number of ether oxygens (including phenoxy) is 4. The topological polar surface area (TPSA) is 183 Å². The summed E-state index contributed by atoms with van der Waals surface area (Å²) >= 11 is 12.7. The molecule has 0 saturated heterocycles. The van der Waals surface area contributed by atoms with Gasteiger partial charge in [-0.05, 0) is 66.9 Å². The second-order valence-corrected chi connectivity index (χ2v) is 10.8. The van der Waals surface area contributed by atoms with Gasteiger partial charge in [-0.15, -0.1) is 0 Å². The number of nitro benzene ring substituents is 1. The van der Waals surface area contributed by atoms with Crippen molar-refractivity contribution in [2.75, 3.05) is 20.3 Å². The summed E-state index contributed by atoms with van der Waals surface area (Å²) < 4.78 is 22.1. The lowest BCUT2D eigenvalue weighted by Crippen LogP contribution is -2.45. The molecule has 0 aromatic heterocycles. The number of aliphatic hydroxyl groups is 1. The maximum absolute atomic E-state index is 12.4. The first-order valence-electron chi connectivity index (χ1n) is 14.1. The van der Waals surface area contributed by atoms with E-state index in [2.05, 4.69) is 21.2 Å². The summed E-state index contributed by atoms with van der Waals surface area (Å²) in [5, 5.41) is 31.0. The fourth-order valence-corrected chi connectivity index (χ4v) is 5.09. The number of hydrazone groups is 1. The normalized spacial score (nSPS) is 15.0. The van der Waals surface area contributed by atoms with Crippen LogP contribution in [0.1, 0.15) is 36.6 Å². The number of aliphatic hydroxyl groups excluding tert-OH is 1. The molecular weight excluding hydrogens is 657 g/mol. The number of allylic oxidation sites excluding steroid dienone is 1. The second-order valence-electron chi connectivity index (χ2n) is 9.94. The standard InChI is InChI=1S/C31H31Cl2N5O9/c1-4-45-25-13-20(28-27(30(40)44-3)17(2)35-31(41)36-28)7-10-24(25)46-16-26(39)37-34-14-19-11-22(32)29(23(33)12-19)47-15-18-5-8-21(9-6-18)38(42)43/h5-14,26,28,37,39H,4,15-16H2,1-3H3,(H2,35,36,41)/b34-14-/t26-,28+/m0/s1. The molecule has 0 spiro atoms. The number of non-ortho nitro benzene ring substituents is 1. The minimum atomic E-state index is -1.23. The van der Waals surface area contributed by atoms with E-state index in [0.29, 0.717) is 40.5 Å². The molecule has 1 aliphatic heterocycles. The summed E-state index contributed by atoms with van der Waals surface area (Å²) in [6.45, 7) is 3.56. The van der Waals surface area contributed by atoms with E-state index >= 15 is 0 Å². The van der Waals surface area contributed by atoms with Crippen LogP contribution in [-0.2, 0) is 16.1 Å². The van der Waals surface area contributed by atoms with Crippen LogP contribution in [0.5, 0.6) is 17.2 Å². The molecule has 2 amide bonds. The zero-order valence-electron chi connectivity index (χ0n) is 25.4. The minimum Gasteiger partial charge on any atom is -0.490 e. The van der Waals surface area contributed by atoms with Crippen molar-refractivity contribution in [3.8, 4) is 17.2 Å². The number of carbonyl (C=O) groups is 2. The van der Waals surface area contributed by atoms with Crippen molar-refractivity contribution < 1.29 is 38.6 Å².